The Labute approximate surface area is 165 Å². The van der Waals surface area contributed by atoms with E-state index in [0.717, 1.165) is 17.7 Å². The van der Waals surface area contributed by atoms with Gasteiger partial charge in [-0.1, -0.05) is 30.3 Å². The van der Waals surface area contributed by atoms with Gasteiger partial charge in [-0.2, -0.15) is 13.2 Å². The summed E-state index contributed by atoms with van der Waals surface area (Å²) in [7, 11) is 3.74. The molecule has 0 radical (unpaired) electrons. The summed E-state index contributed by atoms with van der Waals surface area (Å²) in [6, 6.07) is 11.6. The van der Waals surface area contributed by atoms with Crippen molar-refractivity contribution in [2.75, 3.05) is 32.5 Å². The summed E-state index contributed by atoms with van der Waals surface area (Å²) in [6.07, 6.45) is -4.70. The molecule has 29 heavy (non-hydrogen) atoms. The molecule has 10 heteroatoms. The van der Waals surface area contributed by atoms with Crippen molar-refractivity contribution in [1.29, 1.82) is 0 Å². The van der Waals surface area contributed by atoms with Crippen LogP contribution in [0.1, 0.15) is 17.2 Å². The van der Waals surface area contributed by atoms with Crippen LogP contribution in [-0.4, -0.2) is 42.9 Å². The fourth-order valence-electron chi connectivity index (χ4n) is 2.73. The average Bonchev–Trinajstić information content (AvgIpc) is 2.66. The molecule has 0 bridgehead atoms. The zero-order valence-corrected chi connectivity index (χ0v) is 15.9. The maximum absolute atomic E-state index is 12.7. The average molecular weight is 410 g/mol. The number of benzene rings is 2. The van der Waals surface area contributed by atoms with Crippen LogP contribution in [0.4, 0.5) is 24.5 Å². The Bertz CT molecular complexity index is 858. The number of rotatable bonds is 8. The topological polar surface area (TPSA) is 87.5 Å². The van der Waals surface area contributed by atoms with Crippen molar-refractivity contribution < 1.29 is 22.9 Å². The number of alkyl halides is 3. The highest BCUT2D eigenvalue weighted by atomic mass is 19.4. The first-order chi connectivity index (χ1) is 13.6. The number of hydrogen-bond acceptors (Lipinski definition) is 5. The zero-order valence-electron chi connectivity index (χ0n) is 15.9. The van der Waals surface area contributed by atoms with Crippen molar-refractivity contribution in [2.45, 2.75) is 12.2 Å². The highest BCUT2D eigenvalue weighted by Gasteiger charge is 2.33. The third-order valence-electron chi connectivity index (χ3n) is 4.26. The molecule has 1 atom stereocenters. The zero-order chi connectivity index (χ0) is 21.6. The van der Waals surface area contributed by atoms with E-state index in [2.05, 4.69) is 10.6 Å². The van der Waals surface area contributed by atoms with E-state index in [1.165, 1.54) is 0 Å². The first-order valence-corrected chi connectivity index (χ1v) is 8.67. The van der Waals surface area contributed by atoms with Crippen LogP contribution >= 0.6 is 0 Å². The lowest BCUT2D eigenvalue weighted by atomic mass is 10.1. The van der Waals surface area contributed by atoms with Gasteiger partial charge in [0.05, 0.1) is 23.1 Å². The van der Waals surface area contributed by atoms with Crippen LogP contribution in [0.2, 0.25) is 0 Å². The molecule has 0 saturated heterocycles. The minimum absolute atomic E-state index is 0.0828. The first-order valence-electron chi connectivity index (χ1n) is 8.67. The number of amides is 1. The predicted octanol–water partition coefficient (Wildman–Crippen LogP) is 3.44. The van der Waals surface area contributed by atoms with Crippen LogP contribution in [0, 0.1) is 10.1 Å². The van der Waals surface area contributed by atoms with E-state index >= 15 is 0 Å². The van der Waals surface area contributed by atoms with Gasteiger partial charge in [-0.05, 0) is 31.8 Å². The van der Waals surface area contributed by atoms with E-state index in [1.54, 1.807) is 0 Å². The largest absolute Gasteiger partial charge is 0.416 e. The molecule has 0 spiro atoms. The molecular formula is C19H21F3N4O3. The highest BCUT2D eigenvalue weighted by Crippen LogP contribution is 2.34. The lowest BCUT2D eigenvalue weighted by Gasteiger charge is -2.25. The van der Waals surface area contributed by atoms with Crippen molar-refractivity contribution in [2.24, 2.45) is 0 Å². The molecule has 0 aliphatic rings. The molecule has 0 aromatic heterocycles. The summed E-state index contributed by atoms with van der Waals surface area (Å²) in [5.41, 5.74) is -1.03. The number of anilines is 1. The van der Waals surface area contributed by atoms with Crippen LogP contribution in [0.15, 0.2) is 48.5 Å². The Morgan fingerprint density at radius 2 is 1.83 bits per heavy atom. The van der Waals surface area contributed by atoms with Gasteiger partial charge in [0.15, 0.2) is 0 Å². The fraction of sp³-hybridized carbons (Fsp3) is 0.316. The van der Waals surface area contributed by atoms with E-state index < -0.39 is 28.3 Å². The van der Waals surface area contributed by atoms with Crippen LogP contribution in [0.3, 0.4) is 0 Å². The number of carbonyl (C=O) groups is 1. The standard InChI is InChI=1S/C19H21F3N4O3/c1-25(2)17(13-6-4-3-5-7-13)11-24-18(27)12-23-15-9-8-14(19(20,21)22)10-16(15)26(28)29/h3-10,17,23H,11-12H2,1-2H3,(H,24,27). The molecular weight excluding hydrogens is 389 g/mol. The molecule has 1 unspecified atom stereocenters. The van der Waals surface area contributed by atoms with Gasteiger partial charge in [0, 0.05) is 12.6 Å². The quantitative estimate of drug-likeness (QED) is 0.514. The summed E-state index contributed by atoms with van der Waals surface area (Å²) in [6.45, 7) is -0.0201. The van der Waals surface area contributed by atoms with Gasteiger partial charge in [-0.3, -0.25) is 14.9 Å². The maximum Gasteiger partial charge on any atom is 0.416 e. The minimum atomic E-state index is -4.70. The van der Waals surface area contributed by atoms with Crippen LogP contribution < -0.4 is 10.6 Å². The summed E-state index contributed by atoms with van der Waals surface area (Å²) in [4.78, 5) is 24.2. The molecule has 156 valence electrons. The van der Waals surface area contributed by atoms with Crippen molar-refractivity contribution in [3.8, 4) is 0 Å². The van der Waals surface area contributed by atoms with Gasteiger partial charge < -0.3 is 15.5 Å². The smallest absolute Gasteiger partial charge is 0.371 e. The fourth-order valence-corrected chi connectivity index (χ4v) is 2.73. The van der Waals surface area contributed by atoms with Gasteiger partial charge in [-0.25, -0.2) is 0 Å². The Balaban J connectivity index is 2.01. The number of nitro groups is 1. The second-order valence-electron chi connectivity index (χ2n) is 6.53. The van der Waals surface area contributed by atoms with E-state index in [4.69, 9.17) is 0 Å². The Morgan fingerprint density at radius 3 is 2.38 bits per heavy atom. The summed E-state index contributed by atoms with van der Waals surface area (Å²) >= 11 is 0. The van der Waals surface area contributed by atoms with Gasteiger partial charge in [-0.15, -0.1) is 0 Å². The molecule has 0 aliphatic heterocycles. The number of likely N-dealkylation sites (N-methyl/N-ethyl adjacent to an activating group) is 1. The highest BCUT2D eigenvalue weighted by molar-refractivity contribution is 5.81. The van der Waals surface area contributed by atoms with Crippen LogP contribution in [-0.2, 0) is 11.0 Å². The van der Waals surface area contributed by atoms with Gasteiger partial charge in [0.2, 0.25) is 5.91 Å². The Hall–Kier alpha value is -3.14. The summed E-state index contributed by atoms with van der Waals surface area (Å²) < 4.78 is 38.2. The van der Waals surface area contributed by atoms with Gasteiger partial charge in [0.1, 0.15) is 5.69 Å². The lowest BCUT2D eigenvalue weighted by molar-refractivity contribution is -0.384. The second-order valence-corrected chi connectivity index (χ2v) is 6.53. The number of halogens is 3. The molecule has 7 nitrogen and oxygen atoms in total. The second kappa shape index (κ2) is 9.37. The first kappa shape index (κ1) is 22.2. The molecule has 0 aliphatic carbocycles. The van der Waals surface area contributed by atoms with Crippen LogP contribution in [0.25, 0.3) is 0 Å². The van der Waals surface area contributed by atoms with Crippen LogP contribution in [0.5, 0.6) is 0 Å². The summed E-state index contributed by atoms with van der Waals surface area (Å²) in [5, 5.41) is 16.3. The summed E-state index contributed by atoms with van der Waals surface area (Å²) in [5.74, 6) is -0.443. The minimum Gasteiger partial charge on any atom is -0.371 e. The van der Waals surface area contributed by atoms with Gasteiger partial charge in [0.25, 0.3) is 5.69 Å². The van der Waals surface area contributed by atoms with Crippen molar-refractivity contribution in [3.05, 3.63) is 69.8 Å². The molecule has 0 saturated carbocycles. The number of nitrogens with zero attached hydrogens (tertiary/aromatic N) is 2. The van der Waals surface area contributed by atoms with Gasteiger partial charge >= 0.3 is 6.18 Å². The number of nitro benzene ring substituents is 1. The molecule has 1 amide bonds. The third-order valence-corrected chi connectivity index (χ3v) is 4.26. The Kier molecular flexibility index (Phi) is 7.16. The number of carbonyl (C=O) groups excluding carboxylic acids is 1. The molecule has 2 N–H and O–H groups in total. The van der Waals surface area contributed by atoms with E-state index in [1.807, 2.05) is 49.3 Å². The van der Waals surface area contributed by atoms with E-state index in [9.17, 15) is 28.1 Å². The number of hydrogen-bond donors (Lipinski definition) is 2. The molecule has 2 aromatic carbocycles. The van der Waals surface area contributed by atoms with Crippen molar-refractivity contribution >= 4 is 17.3 Å². The van der Waals surface area contributed by atoms with Crippen molar-refractivity contribution in [3.63, 3.8) is 0 Å². The van der Waals surface area contributed by atoms with E-state index in [0.29, 0.717) is 12.6 Å². The Morgan fingerprint density at radius 1 is 1.17 bits per heavy atom. The molecule has 0 heterocycles. The maximum atomic E-state index is 12.7. The molecule has 2 rings (SSSR count). The SMILES string of the molecule is CN(C)C(CNC(=O)CNc1ccc(C(F)(F)F)cc1[N+](=O)[O-])c1ccccc1. The predicted molar refractivity (Wildman–Crippen MR) is 102 cm³/mol. The normalized spacial score (nSPS) is 12.5. The number of nitrogens with one attached hydrogen (secondary N) is 2. The molecule has 2 aromatic rings. The monoisotopic (exact) mass is 410 g/mol. The van der Waals surface area contributed by atoms with E-state index in [-0.39, 0.29) is 18.3 Å². The lowest BCUT2D eigenvalue weighted by Crippen LogP contribution is -2.37. The third kappa shape index (κ3) is 6.18. The molecule has 0 fully saturated rings. The van der Waals surface area contributed by atoms with Crippen molar-refractivity contribution in [1.82, 2.24) is 10.2 Å².